The van der Waals surface area contributed by atoms with Crippen LogP contribution in [0.4, 0.5) is 0 Å². The highest BCUT2D eigenvalue weighted by Crippen LogP contribution is 2.10. The molecule has 0 spiro atoms. The summed E-state index contributed by atoms with van der Waals surface area (Å²) in [5.74, 6) is 1.56. The van der Waals surface area contributed by atoms with Crippen LogP contribution < -0.4 is 4.57 Å². The van der Waals surface area contributed by atoms with E-state index in [4.69, 9.17) is 0 Å². The molecule has 0 aliphatic carbocycles. The average Bonchev–Trinajstić information content (AvgIpc) is 2.93. The molecule has 2 heteroatoms. The van der Waals surface area contributed by atoms with Crippen LogP contribution in [0, 0.1) is 0 Å². The van der Waals surface area contributed by atoms with Gasteiger partial charge in [-0.15, -0.1) is 0 Å². The van der Waals surface area contributed by atoms with Crippen molar-refractivity contribution in [2.75, 3.05) is 0 Å². The second-order valence-electron chi connectivity index (χ2n) is 7.03. The molecular weight excluding hydrogens is 280 g/mol. The zero-order valence-corrected chi connectivity index (χ0v) is 16.2. The Morgan fingerprint density at radius 3 is 2.00 bits per heavy atom. The van der Waals surface area contributed by atoms with Crippen LogP contribution in [-0.4, -0.2) is 4.57 Å². The predicted molar refractivity (Wildman–Crippen MR) is 101 cm³/mol. The molecule has 0 radical (unpaired) electrons. The molecule has 1 heterocycles. The summed E-state index contributed by atoms with van der Waals surface area (Å²) in [7, 11) is 0. The molecule has 0 aromatic carbocycles. The maximum atomic E-state index is 2.54. The van der Waals surface area contributed by atoms with Crippen molar-refractivity contribution in [3.8, 4) is 0 Å². The Labute approximate surface area is 145 Å². The van der Waals surface area contributed by atoms with Crippen LogP contribution in [0.3, 0.4) is 0 Å². The van der Waals surface area contributed by atoms with Crippen molar-refractivity contribution in [2.45, 2.75) is 117 Å². The number of aryl methyl sites for hydroxylation is 2. The number of rotatable bonds is 15. The van der Waals surface area contributed by atoms with Crippen LogP contribution in [0.15, 0.2) is 12.4 Å². The summed E-state index contributed by atoms with van der Waals surface area (Å²) in [5, 5.41) is 0. The first-order chi connectivity index (χ1) is 11.3. The Bertz CT molecular complexity index is 381. The Morgan fingerprint density at radius 2 is 1.35 bits per heavy atom. The number of hydrogen-bond acceptors (Lipinski definition) is 0. The lowest BCUT2D eigenvalue weighted by atomic mass is 10.1. The molecule has 0 amide bonds. The van der Waals surface area contributed by atoms with E-state index in [1.54, 1.807) is 5.82 Å². The minimum absolute atomic E-state index is 1.17. The standard InChI is InChI=1S/C21H41N2/c1-4-7-9-11-12-13-15-18-23-20-19-22(17-6-3)21(23)16-14-10-8-5-2/h19-20H,4-18H2,1-3H3/q+1. The predicted octanol–water partition coefficient (Wildman–Crippen LogP) is 6.06. The van der Waals surface area contributed by atoms with Gasteiger partial charge in [-0.2, -0.15) is 0 Å². The van der Waals surface area contributed by atoms with Gasteiger partial charge in [0.25, 0.3) is 5.82 Å². The molecule has 0 aliphatic rings. The summed E-state index contributed by atoms with van der Waals surface area (Å²) in [6.45, 7) is 9.25. The third-order valence-corrected chi connectivity index (χ3v) is 4.81. The van der Waals surface area contributed by atoms with E-state index in [-0.39, 0.29) is 0 Å². The second kappa shape index (κ2) is 13.6. The number of nitrogens with zero attached hydrogens (tertiary/aromatic N) is 2. The van der Waals surface area contributed by atoms with Gasteiger partial charge in [0, 0.05) is 6.42 Å². The van der Waals surface area contributed by atoms with E-state index in [0.717, 1.165) is 0 Å². The molecule has 0 N–H and O–H groups in total. The fraction of sp³-hybridized carbons (Fsp3) is 0.857. The van der Waals surface area contributed by atoms with Gasteiger partial charge in [-0.25, -0.2) is 9.13 Å². The van der Waals surface area contributed by atoms with Crippen LogP contribution in [0.2, 0.25) is 0 Å². The summed E-state index contributed by atoms with van der Waals surface area (Å²) in [6, 6.07) is 0. The van der Waals surface area contributed by atoms with Crippen molar-refractivity contribution >= 4 is 0 Å². The number of unbranched alkanes of at least 4 members (excludes halogenated alkanes) is 9. The molecule has 1 rings (SSSR count). The third-order valence-electron chi connectivity index (χ3n) is 4.81. The molecular formula is C21H41N2+. The Kier molecular flexibility index (Phi) is 12.0. The van der Waals surface area contributed by atoms with Gasteiger partial charge in [-0.3, -0.25) is 0 Å². The van der Waals surface area contributed by atoms with Gasteiger partial charge in [0.2, 0.25) is 0 Å². The fourth-order valence-electron chi connectivity index (χ4n) is 3.38. The van der Waals surface area contributed by atoms with Gasteiger partial charge in [0.05, 0.1) is 13.1 Å². The lowest BCUT2D eigenvalue weighted by Crippen LogP contribution is -2.37. The monoisotopic (exact) mass is 321 g/mol. The first-order valence-corrected chi connectivity index (χ1v) is 10.4. The van der Waals surface area contributed by atoms with Crippen LogP contribution in [0.5, 0.6) is 0 Å². The van der Waals surface area contributed by atoms with Gasteiger partial charge in [0.1, 0.15) is 12.4 Å². The average molecular weight is 322 g/mol. The summed E-state index contributed by atoms with van der Waals surface area (Å²) in [5.41, 5.74) is 0. The van der Waals surface area contributed by atoms with Gasteiger partial charge in [-0.1, -0.05) is 72.1 Å². The SMILES string of the molecule is CCCCCCCCCn1cc[n+](CCC)c1CCCCCC. The second-order valence-corrected chi connectivity index (χ2v) is 7.03. The first kappa shape index (κ1) is 20.3. The zero-order valence-electron chi connectivity index (χ0n) is 16.2. The summed E-state index contributed by atoms with van der Waals surface area (Å²) >= 11 is 0. The molecule has 0 saturated carbocycles. The lowest BCUT2D eigenvalue weighted by Gasteiger charge is -2.05. The highest BCUT2D eigenvalue weighted by molar-refractivity contribution is 4.84. The summed E-state index contributed by atoms with van der Waals surface area (Å²) in [6.07, 6.45) is 22.3. The molecule has 0 fully saturated rings. The van der Waals surface area contributed by atoms with E-state index in [0.29, 0.717) is 0 Å². The molecule has 1 aromatic heterocycles. The Morgan fingerprint density at radius 1 is 0.739 bits per heavy atom. The highest BCUT2D eigenvalue weighted by atomic mass is 15.1. The van der Waals surface area contributed by atoms with Gasteiger partial charge >= 0.3 is 0 Å². The van der Waals surface area contributed by atoms with Gasteiger partial charge in [-0.05, 0) is 25.7 Å². The van der Waals surface area contributed by atoms with Crippen molar-refractivity contribution in [1.82, 2.24) is 4.57 Å². The lowest BCUT2D eigenvalue weighted by molar-refractivity contribution is -0.703. The van der Waals surface area contributed by atoms with Crippen molar-refractivity contribution in [2.24, 2.45) is 0 Å². The van der Waals surface area contributed by atoms with Crippen LogP contribution in [0.25, 0.3) is 0 Å². The Balaban J connectivity index is 2.37. The Hall–Kier alpha value is -0.790. The van der Waals surface area contributed by atoms with E-state index in [1.165, 1.54) is 96.6 Å². The molecule has 0 unspecified atom stereocenters. The maximum absolute atomic E-state index is 2.54. The van der Waals surface area contributed by atoms with E-state index < -0.39 is 0 Å². The number of aromatic nitrogens is 2. The number of hydrogen-bond donors (Lipinski definition) is 0. The van der Waals surface area contributed by atoms with Crippen molar-refractivity contribution in [3.05, 3.63) is 18.2 Å². The molecule has 23 heavy (non-hydrogen) atoms. The van der Waals surface area contributed by atoms with Crippen molar-refractivity contribution < 1.29 is 4.57 Å². The van der Waals surface area contributed by atoms with Crippen LogP contribution in [0.1, 0.15) is 104 Å². The number of imidazole rings is 1. The summed E-state index contributed by atoms with van der Waals surface area (Å²) in [4.78, 5) is 0. The quantitative estimate of drug-likeness (QED) is 0.274. The third kappa shape index (κ3) is 8.58. The maximum Gasteiger partial charge on any atom is 0.256 e. The largest absolute Gasteiger partial charge is 0.256 e. The molecule has 2 nitrogen and oxygen atoms in total. The normalized spacial score (nSPS) is 11.3. The van der Waals surface area contributed by atoms with Gasteiger partial charge < -0.3 is 0 Å². The van der Waals surface area contributed by atoms with Gasteiger partial charge in [0.15, 0.2) is 0 Å². The smallest absolute Gasteiger partial charge is 0.234 e. The van der Waals surface area contributed by atoms with Crippen molar-refractivity contribution in [3.63, 3.8) is 0 Å². The molecule has 0 saturated heterocycles. The van der Waals surface area contributed by atoms with E-state index in [2.05, 4.69) is 42.3 Å². The fourth-order valence-corrected chi connectivity index (χ4v) is 3.38. The molecule has 0 aliphatic heterocycles. The van der Waals surface area contributed by atoms with E-state index in [9.17, 15) is 0 Å². The van der Waals surface area contributed by atoms with Crippen LogP contribution in [-0.2, 0) is 19.5 Å². The zero-order chi connectivity index (χ0) is 16.8. The van der Waals surface area contributed by atoms with E-state index >= 15 is 0 Å². The topological polar surface area (TPSA) is 8.81 Å². The minimum atomic E-state index is 1.17. The molecule has 1 aromatic rings. The summed E-state index contributed by atoms with van der Waals surface area (Å²) < 4.78 is 5.03. The molecule has 0 atom stereocenters. The molecule has 134 valence electrons. The highest BCUT2D eigenvalue weighted by Gasteiger charge is 2.15. The minimum Gasteiger partial charge on any atom is -0.234 e. The first-order valence-electron chi connectivity index (χ1n) is 10.4. The van der Waals surface area contributed by atoms with Crippen LogP contribution >= 0.6 is 0 Å². The molecule has 0 bridgehead atoms. The van der Waals surface area contributed by atoms with E-state index in [1.807, 2.05) is 0 Å². The van der Waals surface area contributed by atoms with Crippen molar-refractivity contribution in [1.29, 1.82) is 0 Å².